The molecule has 0 aliphatic carbocycles. The minimum absolute atomic E-state index is 0.250. The molecule has 8 heavy (non-hydrogen) atoms. The quantitative estimate of drug-likeness (QED) is 0.515. The number of carboxylic acid groups (broad SMARTS) is 1. The van der Waals surface area contributed by atoms with Gasteiger partial charge in [-0.25, -0.2) is 4.79 Å². The van der Waals surface area contributed by atoms with E-state index in [1.54, 1.807) is 0 Å². The summed E-state index contributed by atoms with van der Waals surface area (Å²) in [4.78, 5) is 9.30. The van der Waals surface area contributed by atoms with E-state index in [0.717, 1.165) is 0 Å². The Bertz CT molecular complexity index is 136. The van der Waals surface area contributed by atoms with Crippen LogP contribution in [0.15, 0.2) is 0 Å². The molecule has 0 aliphatic rings. The van der Waals surface area contributed by atoms with Gasteiger partial charge in [0.05, 0.1) is 0 Å². The Balaban J connectivity index is 0. The molecule has 4 N–H and O–H groups in total. The van der Waals surface area contributed by atoms with Crippen LogP contribution >= 0.6 is 0 Å². The zero-order chi connectivity index (χ0) is 10.4. The average Bonchev–Trinajstić information content (AvgIpc) is 1.82. The van der Waals surface area contributed by atoms with Crippen molar-refractivity contribution in [1.82, 2.24) is 6.13 Å². The lowest BCUT2D eigenvalue weighted by molar-refractivity contribution is -0.192. The molecule has 0 rings (SSSR count). The summed E-state index contributed by atoms with van der Waals surface area (Å²) in [6.45, 7) is 0. The van der Waals surface area contributed by atoms with E-state index in [2.05, 4.69) is 5.11 Å². The van der Waals surface area contributed by atoms with Crippen molar-refractivity contribution in [3.63, 3.8) is 0 Å². The number of hydrogen-bond acceptors (Lipinski definition) is 3. The van der Waals surface area contributed by atoms with Crippen molar-refractivity contribution in [3.05, 3.63) is 0 Å². The largest absolute Gasteiger partial charge is 0.490 e. The molecule has 0 aliphatic heterocycles. The van der Waals surface area contributed by atoms with Crippen LogP contribution in [0, 0.1) is 0 Å². The van der Waals surface area contributed by atoms with E-state index >= 15 is 0 Å². The molecule has 0 saturated carbocycles. The molecule has 0 heterocycles. The highest BCUT2D eigenvalue weighted by Crippen LogP contribution is 2.13. The summed E-state index contributed by atoms with van der Waals surface area (Å²) in [6.07, 6.45) is -5.29. The van der Waals surface area contributed by atoms with Gasteiger partial charge in [0, 0.05) is 0 Å². The Labute approximate surface area is 48.6 Å². The predicted octanol–water partition coefficient (Wildman–Crippen LogP) is 0.795. The van der Waals surface area contributed by atoms with Crippen molar-refractivity contribution < 1.29 is 27.3 Å². The second-order valence-corrected chi connectivity index (χ2v) is 0.785. The first-order chi connectivity index (χ1) is 5.21. The van der Waals surface area contributed by atoms with Gasteiger partial charge in [0.15, 0.2) is 0 Å². The summed E-state index contributed by atoms with van der Waals surface area (Å²) >= 11 is 0. The van der Waals surface area contributed by atoms with Gasteiger partial charge in [0.2, 0.25) is 0 Å². The van der Waals surface area contributed by atoms with Gasteiger partial charge in [-0.3, -0.25) is 0 Å². The topological polar surface area (TPSA) is 72.3 Å². The summed E-state index contributed by atoms with van der Waals surface area (Å²) < 4.78 is 55.3. The zero-order valence-corrected chi connectivity index (χ0v) is 3.40. The molecule has 0 spiro atoms. The molecule has 0 saturated heterocycles. The SMILES string of the molecule is [2H]N([2H])[2H].[2H]OC(=O)C(F)(F)F. The molecule has 0 atom stereocenters. The fraction of sp³-hybridized carbons (Fsp3) is 0.500. The van der Waals surface area contributed by atoms with Crippen LogP contribution in [-0.2, 0) is 4.79 Å². The second kappa shape index (κ2) is 2.51. The Morgan fingerprint density at radius 2 is 2.25 bits per heavy atom. The summed E-state index contributed by atoms with van der Waals surface area (Å²) in [5, 5.41) is 2.60. The molecule has 0 aromatic rings. The Hall–Kier alpha value is -0.780. The third-order valence-corrected chi connectivity index (χ3v) is 0.231. The van der Waals surface area contributed by atoms with Crippen LogP contribution in [0.4, 0.5) is 13.2 Å². The van der Waals surface area contributed by atoms with E-state index in [1.807, 2.05) is 0 Å². The molecule has 6 heteroatoms. The van der Waals surface area contributed by atoms with Gasteiger partial charge in [0.1, 0.15) is 4.24 Å². The molecule has 0 aromatic carbocycles. The van der Waals surface area contributed by atoms with E-state index < -0.39 is 12.1 Å². The normalized spacial score (nSPS) is 16.0. The van der Waals surface area contributed by atoms with Crippen LogP contribution in [0.2, 0.25) is 4.24 Å². The third kappa shape index (κ3) is 3.41. The molecular formula is C2H4F3NO2. The minimum atomic E-state index is -5.04. The number of aliphatic carboxylic acids is 1. The van der Waals surface area contributed by atoms with Crippen LogP contribution in [-0.4, -0.2) is 17.3 Å². The van der Waals surface area contributed by atoms with E-state index in [9.17, 15) is 18.0 Å². The molecule has 0 aromatic heterocycles. The van der Waals surface area contributed by atoms with Crippen molar-refractivity contribution in [2.45, 2.75) is 6.18 Å². The lowest BCUT2D eigenvalue weighted by Gasteiger charge is -1.93. The summed E-state index contributed by atoms with van der Waals surface area (Å²) in [6, 6.07) is 0. The van der Waals surface area contributed by atoms with Crippen molar-refractivity contribution in [3.8, 4) is 0 Å². The first-order valence-corrected chi connectivity index (χ1v) is 1.23. The van der Waals surface area contributed by atoms with Gasteiger partial charge >= 0.3 is 12.1 Å². The van der Waals surface area contributed by atoms with Crippen LogP contribution in [0.3, 0.4) is 0 Å². The maximum atomic E-state index is 10.9. The minimum Gasteiger partial charge on any atom is -0.475 e. The van der Waals surface area contributed by atoms with E-state index in [-0.39, 0.29) is 6.13 Å². The fourth-order valence-electron chi connectivity index (χ4n) is 0. The Kier molecular flexibility index (Phi) is 1.03. The molecule has 3 nitrogen and oxygen atoms in total. The van der Waals surface area contributed by atoms with Crippen LogP contribution < -0.4 is 6.13 Å². The summed E-state index contributed by atoms with van der Waals surface area (Å²) in [5.41, 5.74) is 0. The molecule has 50 valence electrons. The number of carbonyl (C=O) groups is 1. The first kappa shape index (κ1) is 3.29. The predicted molar refractivity (Wildman–Crippen MR) is 18.7 cm³/mol. The molecule has 0 radical (unpaired) electrons. The van der Waals surface area contributed by atoms with E-state index in [4.69, 9.17) is 5.67 Å². The highest BCUT2D eigenvalue weighted by Gasteiger charge is 2.38. The van der Waals surface area contributed by atoms with Gasteiger partial charge < -0.3 is 11.2 Å². The monoisotopic (exact) mass is 135 g/mol. The summed E-state index contributed by atoms with van der Waals surface area (Å²) in [5.74, 6) is -2.50. The summed E-state index contributed by atoms with van der Waals surface area (Å²) in [7, 11) is 0. The maximum absolute atomic E-state index is 10.9. The molecule has 0 fully saturated rings. The maximum Gasteiger partial charge on any atom is 0.490 e. The highest BCUT2D eigenvalue weighted by atomic mass is 19.4. The van der Waals surface area contributed by atoms with Crippen LogP contribution in [0.1, 0.15) is 0 Å². The van der Waals surface area contributed by atoms with Gasteiger partial charge in [0.25, 0.3) is 1.43 Å². The third-order valence-electron chi connectivity index (χ3n) is 0.231. The fourth-order valence-corrected chi connectivity index (χ4v) is 0. The average molecular weight is 135 g/mol. The number of halogens is 3. The van der Waals surface area contributed by atoms with Crippen molar-refractivity contribution in [2.24, 2.45) is 0 Å². The van der Waals surface area contributed by atoms with Gasteiger partial charge in [-0.05, 0) is 0 Å². The zero-order valence-electron chi connectivity index (χ0n) is 7.40. The van der Waals surface area contributed by atoms with Crippen LogP contribution in [0.5, 0.6) is 0 Å². The lowest BCUT2D eigenvalue weighted by atomic mass is 10.7. The standard InChI is InChI=1S/C2HF3O2.H3N/c3-2(4,5)1(6)7;/h(H,6,7);1H3/i/hD4. The highest BCUT2D eigenvalue weighted by molar-refractivity contribution is 5.73. The van der Waals surface area contributed by atoms with Crippen molar-refractivity contribution in [2.75, 3.05) is 0 Å². The Morgan fingerprint density at radius 1 is 1.88 bits per heavy atom. The van der Waals surface area contributed by atoms with Gasteiger partial charge in [-0.2, -0.15) is 13.2 Å². The Morgan fingerprint density at radius 3 is 2.25 bits per heavy atom. The molecule has 0 unspecified atom stereocenters. The smallest absolute Gasteiger partial charge is 0.475 e. The van der Waals surface area contributed by atoms with E-state index in [1.165, 1.54) is 0 Å². The second-order valence-electron chi connectivity index (χ2n) is 0.785. The molecule has 0 amide bonds. The van der Waals surface area contributed by atoms with Gasteiger partial charge in [-0.15, -0.1) is 0 Å². The number of alkyl halides is 3. The van der Waals surface area contributed by atoms with Gasteiger partial charge in [-0.1, -0.05) is 0 Å². The van der Waals surface area contributed by atoms with E-state index in [0.29, 0.717) is 0 Å². The molecule has 0 bridgehead atoms. The molecular weight excluding hydrogens is 127 g/mol. The first-order valence-electron chi connectivity index (χ1n) is 2.98. The number of carboxylic acids is 1. The number of hydrogen-bond donors (Lipinski definition) is 2. The lowest BCUT2D eigenvalue weighted by Crippen LogP contribution is -2.21. The van der Waals surface area contributed by atoms with Crippen molar-refractivity contribution >= 4 is 5.97 Å². The number of rotatable bonds is 0. The van der Waals surface area contributed by atoms with Crippen molar-refractivity contribution in [1.29, 1.82) is 1.43 Å². The van der Waals surface area contributed by atoms with Crippen LogP contribution in [0.25, 0.3) is 1.43 Å².